The number of carbonyl (C=O) groups is 2. The minimum absolute atomic E-state index is 0.0525. The van der Waals surface area contributed by atoms with Crippen molar-refractivity contribution in [3.8, 4) is 0 Å². The van der Waals surface area contributed by atoms with E-state index in [2.05, 4.69) is 22.6 Å². The van der Waals surface area contributed by atoms with E-state index in [9.17, 15) is 14.0 Å². The lowest BCUT2D eigenvalue weighted by molar-refractivity contribution is -0.137. The van der Waals surface area contributed by atoms with Gasteiger partial charge in [-0.3, -0.25) is 4.79 Å². The molecule has 0 unspecified atom stereocenters. The lowest BCUT2D eigenvalue weighted by atomic mass is 9.88. The SMILES string of the molecule is Cc1cccc(C)c1NC(=O)N[C@@H]1C[C@H](C(=O)N2CCN(C)CC2)[C@@H](c2ccc(F)cc2)C1. The topological polar surface area (TPSA) is 64.7 Å². The van der Waals surface area contributed by atoms with Gasteiger partial charge in [0.05, 0.1) is 0 Å². The zero-order valence-electron chi connectivity index (χ0n) is 19.6. The molecule has 2 aromatic carbocycles. The summed E-state index contributed by atoms with van der Waals surface area (Å²) in [4.78, 5) is 30.4. The van der Waals surface area contributed by atoms with Crippen LogP contribution in [0.4, 0.5) is 14.9 Å². The lowest BCUT2D eigenvalue weighted by Crippen LogP contribution is -2.49. The normalized spacial score (nSPS) is 23.4. The second-order valence-corrected chi connectivity index (χ2v) is 9.43. The number of para-hydroxylation sites is 1. The van der Waals surface area contributed by atoms with Crippen molar-refractivity contribution in [2.75, 3.05) is 38.5 Å². The Morgan fingerprint density at radius 1 is 0.939 bits per heavy atom. The highest BCUT2D eigenvalue weighted by molar-refractivity contribution is 5.91. The van der Waals surface area contributed by atoms with E-state index < -0.39 is 0 Å². The van der Waals surface area contributed by atoms with E-state index in [-0.39, 0.29) is 35.6 Å². The van der Waals surface area contributed by atoms with Crippen molar-refractivity contribution in [1.82, 2.24) is 15.1 Å². The molecule has 33 heavy (non-hydrogen) atoms. The van der Waals surface area contributed by atoms with E-state index in [0.29, 0.717) is 25.9 Å². The molecular weight excluding hydrogens is 419 g/mol. The first-order valence-electron chi connectivity index (χ1n) is 11.7. The number of rotatable bonds is 4. The molecule has 2 aliphatic rings. The Balaban J connectivity index is 1.48. The molecule has 1 aliphatic heterocycles. The van der Waals surface area contributed by atoms with Crippen LogP contribution in [-0.4, -0.2) is 61.0 Å². The van der Waals surface area contributed by atoms with Gasteiger partial charge in [0, 0.05) is 43.8 Å². The molecule has 1 saturated heterocycles. The summed E-state index contributed by atoms with van der Waals surface area (Å²) in [6.07, 6.45) is 1.23. The number of hydrogen-bond donors (Lipinski definition) is 2. The molecule has 0 bridgehead atoms. The number of amides is 3. The quantitative estimate of drug-likeness (QED) is 0.740. The Morgan fingerprint density at radius 2 is 1.58 bits per heavy atom. The number of nitrogens with zero attached hydrogens (tertiary/aromatic N) is 2. The number of hydrogen-bond acceptors (Lipinski definition) is 3. The van der Waals surface area contributed by atoms with Crippen LogP contribution in [0.25, 0.3) is 0 Å². The molecule has 1 heterocycles. The van der Waals surface area contributed by atoms with Crippen LogP contribution >= 0.6 is 0 Å². The fraction of sp³-hybridized carbons (Fsp3) is 0.462. The molecule has 1 aliphatic carbocycles. The van der Waals surface area contributed by atoms with Gasteiger partial charge in [0.1, 0.15) is 5.82 Å². The third-order valence-electron chi connectivity index (χ3n) is 7.05. The molecule has 3 amide bonds. The van der Waals surface area contributed by atoms with Crippen molar-refractivity contribution < 1.29 is 14.0 Å². The molecule has 3 atom stereocenters. The minimum atomic E-state index is -0.290. The Morgan fingerprint density at radius 3 is 2.21 bits per heavy atom. The zero-order valence-corrected chi connectivity index (χ0v) is 19.6. The molecule has 2 aromatic rings. The molecule has 1 saturated carbocycles. The Labute approximate surface area is 195 Å². The highest BCUT2D eigenvalue weighted by Gasteiger charge is 2.42. The van der Waals surface area contributed by atoms with Gasteiger partial charge >= 0.3 is 6.03 Å². The summed E-state index contributed by atoms with van der Waals surface area (Å²) in [6, 6.07) is 11.9. The number of nitrogens with one attached hydrogen (secondary N) is 2. The lowest BCUT2D eigenvalue weighted by Gasteiger charge is -2.35. The summed E-state index contributed by atoms with van der Waals surface area (Å²) in [5.41, 5.74) is 3.77. The molecule has 6 nitrogen and oxygen atoms in total. The van der Waals surface area contributed by atoms with Crippen LogP contribution in [0.1, 0.15) is 35.4 Å². The summed E-state index contributed by atoms with van der Waals surface area (Å²) in [7, 11) is 2.06. The van der Waals surface area contributed by atoms with Gasteiger partial charge in [-0.05, 0) is 68.5 Å². The van der Waals surface area contributed by atoms with Crippen molar-refractivity contribution in [3.05, 3.63) is 65.0 Å². The Kier molecular flexibility index (Phi) is 6.98. The Bertz CT molecular complexity index is 982. The highest BCUT2D eigenvalue weighted by Crippen LogP contribution is 2.41. The summed E-state index contributed by atoms with van der Waals surface area (Å²) < 4.78 is 13.5. The molecule has 2 fully saturated rings. The first-order valence-corrected chi connectivity index (χ1v) is 11.7. The van der Waals surface area contributed by atoms with Crippen LogP contribution in [0.15, 0.2) is 42.5 Å². The predicted molar refractivity (Wildman–Crippen MR) is 128 cm³/mol. The molecule has 0 aromatic heterocycles. The summed E-state index contributed by atoms with van der Waals surface area (Å²) in [5, 5.41) is 6.06. The van der Waals surface area contributed by atoms with Crippen molar-refractivity contribution in [3.63, 3.8) is 0 Å². The fourth-order valence-electron chi connectivity index (χ4n) is 5.11. The standard InChI is InChI=1S/C26H33FN4O2/c1-17-5-4-6-18(2)24(17)29-26(33)28-21-15-22(19-7-9-20(27)10-8-19)23(16-21)25(32)31-13-11-30(3)12-14-31/h4-10,21-23H,11-16H2,1-3H3,(H2,28,29,33)/t21-,22+,23-/m0/s1. The van der Waals surface area contributed by atoms with Crippen LogP contribution in [-0.2, 0) is 4.79 Å². The van der Waals surface area contributed by atoms with Crippen LogP contribution in [0.5, 0.6) is 0 Å². The number of anilines is 1. The average molecular weight is 453 g/mol. The maximum atomic E-state index is 13.5. The van der Waals surface area contributed by atoms with Gasteiger partial charge in [-0.1, -0.05) is 30.3 Å². The van der Waals surface area contributed by atoms with E-state index >= 15 is 0 Å². The zero-order chi connectivity index (χ0) is 23.5. The largest absolute Gasteiger partial charge is 0.340 e. The number of carbonyl (C=O) groups excluding carboxylic acids is 2. The third kappa shape index (κ3) is 5.36. The van der Waals surface area contributed by atoms with E-state index in [1.165, 1.54) is 12.1 Å². The first kappa shape index (κ1) is 23.2. The monoisotopic (exact) mass is 452 g/mol. The second-order valence-electron chi connectivity index (χ2n) is 9.43. The molecule has 7 heteroatoms. The molecule has 0 spiro atoms. The van der Waals surface area contributed by atoms with Gasteiger partial charge in [0.15, 0.2) is 0 Å². The molecule has 176 valence electrons. The van der Waals surface area contributed by atoms with Crippen LogP contribution in [0.2, 0.25) is 0 Å². The maximum Gasteiger partial charge on any atom is 0.319 e. The average Bonchev–Trinajstić information content (AvgIpc) is 3.20. The smallest absolute Gasteiger partial charge is 0.319 e. The van der Waals surface area contributed by atoms with Crippen LogP contribution in [0.3, 0.4) is 0 Å². The van der Waals surface area contributed by atoms with E-state index in [0.717, 1.165) is 35.5 Å². The molecule has 2 N–H and O–H groups in total. The third-order valence-corrected chi connectivity index (χ3v) is 7.05. The number of urea groups is 1. The molecular formula is C26H33FN4O2. The van der Waals surface area contributed by atoms with Gasteiger partial charge in [-0.15, -0.1) is 0 Å². The highest BCUT2D eigenvalue weighted by atomic mass is 19.1. The van der Waals surface area contributed by atoms with Gasteiger partial charge in [0.25, 0.3) is 0 Å². The fourth-order valence-corrected chi connectivity index (χ4v) is 5.11. The summed E-state index contributed by atoms with van der Waals surface area (Å²) in [5.74, 6) is -0.439. The van der Waals surface area contributed by atoms with Crippen molar-refractivity contribution in [2.24, 2.45) is 5.92 Å². The van der Waals surface area contributed by atoms with Crippen LogP contribution < -0.4 is 10.6 Å². The number of benzene rings is 2. The molecule has 0 radical (unpaired) electrons. The maximum absolute atomic E-state index is 13.5. The van der Waals surface area contributed by atoms with Crippen molar-refractivity contribution >= 4 is 17.6 Å². The second kappa shape index (κ2) is 9.91. The van der Waals surface area contributed by atoms with Gasteiger partial charge in [-0.25, -0.2) is 9.18 Å². The number of piperazine rings is 1. The van der Waals surface area contributed by atoms with Crippen molar-refractivity contribution in [1.29, 1.82) is 0 Å². The Hall–Kier alpha value is -2.93. The van der Waals surface area contributed by atoms with E-state index in [1.54, 1.807) is 12.1 Å². The minimum Gasteiger partial charge on any atom is -0.340 e. The molecule has 4 rings (SSSR count). The number of aryl methyl sites for hydroxylation is 2. The number of likely N-dealkylation sites (N-methyl/N-ethyl adjacent to an activating group) is 1. The van der Waals surface area contributed by atoms with Crippen molar-refractivity contribution in [2.45, 2.75) is 38.6 Å². The number of halogens is 1. The van der Waals surface area contributed by atoms with E-state index in [1.807, 2.05) is 36.9 Å². The van der Waals surface area contributed by atoms with Gasteiger partial charge in [-0.2, -0.15) is 0 Å². The predicted octanol–water partition coefficient (Wildman–Crippen LogP) is 3.90. The summed E-state index contributed by atoms with van der Waals surface area (Å²) >= 11 is 0. The summed E-state index contributed by atoms with van der Waals surface area (Å²) in [6.45, 7) is 7.08. The van der Waals surface area contributed by atoms with Crippen LogP contribution in [0, 0.1) is 25.6 Å². The van der Waals surface area contributed by atoms with E-state index in [4.69, 9.17) is 0 Å². The van der Waals surface area contributed by atoms with Gasteiger partial charge in [0.2, 0.25) is 5.91 Å². The van der Waals surface area contributed by atoms with Gasteiger partial charge < -0.3 is 20.4 Å². The first-order chi connectivity index (χ1) is 15.8.